The van der Waals surface area contributed by atoms with Gasteiger partial charge in [-0.15, -0.1) is 0 Å². The van der Waals surface area contributed by atoms with Gasteiger partial charge in [-0.3, -0.25) is 14.4 Å². The number of thioether (sulfide) groups is 1. The van der Waals surface area contributed by atoms with Gasteiger partial charge in [-0.25, -0.2) is 9.29 Å². The minimum Gasteiger partial charge on any atom is -0.287 e. The molecule has 0 aliphatic rings. The van der Waals surface area contributed by atoms with Crippen LogP contribution in [0.3, 0.4) is 0 Å². The van der Waals surface area contributed by atoms with Crippen LogP contribution in [0.1, 0.15) is 78.6 Å². The van der Waals surface area contributed by atoms with Gasteiger partial charge >= 0.3 is 0 Å². The van der Waals surface area contributed by atoms with Crippen LogP contribution in [-0.4, -0.2) is 16.9 Å². The van der Waals surface area contributed by atoms with Crippen LogP contribution >= 0.6 is 23.4 Å². The number of carbonyl (C=O) groups excluding carboxylic acids is 3. The minimum atomic E-state index is -0.745. The van der Waals surface area contributed by atoms with Gasteiger partial charge in [0, 0.05) is 24.2 Å². The van der Waals surface area contributed by atoms with Crippen molar-refractivity contribution in [3.63, 3.8) is 0 Å². The molecule has 156 valence electrons. The Bertz CT molecular complexity index is 676. The van der Waals surface area contributed by atoms with Crippen molar-refractivity contribution in [1.82, 2.24) is 0 Å². The molecule has 0 spiro atoms. The molecule has 28 heavy (non-hydrogen) atoms. The zero-order chi connectivity index (χ0) is 21.1. The lowest BCUT2D eigenvalue weighted by molar-refractivity contribution is -0.126. The summed E-state index contributed by atoms with van der Waals surface area (Å²) in [7, 11) is 0. The minimum absolute atomic E-state index is 0.0810. The highest BCUT2D eigenvalue weighted by Crippen LogP contribution is 2.35. The van der Waals surface area contributed by atoms with Gasteiger partial charge in [0.25, 0.3) is 0 Å². The van der Waals surface area contributed by atoms with E-state index in [0.29, 0.717) is 24.2 Å². The van der Waals surface area contributed by atoms with Crippen molar-refractivity contribution in [2.24, 2.45) is 0 Å². The summed E-state index contributed by atoms with van der Waals surface area (Å²) in [6.45, 7) is 5.87. The molecule has 7 heteroatoms. The number of hydrogen-bond acceptors (Lipinski definition) is 4. The van der Waals surface area contributed by atoms with Crippen LogP contribution in [-0.2, 0) is 14.4 Å². The third-order valence-corrected chi connectivity index (χ3v) is 5.60. The van der Waals surface area contributed by atoms with Crippen molar-refractivity contribution in [2.45, 2.75) is 83.5 Å². The molecule has 0 N–H and O–H groups in total. The van der Waals surface area contributed by atoms with E-state index in [0.717, 1.165) is 48.4 Å². The average Bonchev–Trinajstić information content (AvgIpc) is 2.66. The zero-order valence-corrected chi connectivity index (χ0v) is 18.4. The van der Waals surface area contributed by atoms with Gasteiger partial charge < -0.3 is 0 Å². The van der Waals surface area contributed by atoms with Crippen molar-refractivity contribution in [3.8, 4) is 0 Å². The Labute approximate surface area is 176 Å². The largest absolute Gasteiger partial charge is 0.287 e. The van der Waals surface area contributed by atoms with Crippen LogP contribution in [0.2, 0.25) is 5.02 Å². The molecule has 1 aromatic carbocycles. The fourth-order valence-electron chi connectivity index (χ4n) is 2.55. The maximum atomic E-state index is 14.7. The molecule has 0 atom stereocenters. The van der Waals surface area contributed by atoms with E-state index in [9.17, 15) is 18.8 Å². The summed E-state index contributed by atoms with van der Waals surface area (Å²) in [6, 6.07) is 2.42. The number of anilines is 1. The molecule has 0 unspecified atom stereocenters. The van der Waals surface area contributed by atoms with E-state index in [-0.39, 0.29) is 28.7 Å². The summed E-state index contributed by atoms with van der Waals surface area (Å²) in [6.07, 6.45) is 5.17. The Morgan fingerprint density at radius 1 is 0.929 bits per heavy atom. The Balaban J connectivity index is 3.23. The molecule has 4 nitrogen and oxygen atoms in total. The summed E-state index contributed by atoms with van der Waals surface area (Å²) in [4.78, 5) is 38.7. The standard InChI is InChI=1S/C21H29ClFNO3S/c1-4-7-10-19(25)24(20(26)11-8-5-2)17-14-18(15(22)13-16(17)23)28-21(27)12-9-6-3/h13-14H,4-12H2,1-3H3. The molecule has 0 aliphatic carbocycles. The van der Waals surface area contributed by atoms with E-state index in [1.54, 1.807) is 0 Å². The monoisotopic (exact) mass is 429 g/mol. The molecule has 0 aliphatic heterocycles. The first-order valence-electron chi connectivity index (χ1n) is 9.91. The lowest BCUT2D eigenvalue weighted by Crippen LogP contribution is -2.37. The molecule has 2 amide bonds. The van der Waals surface area contributed by atoms with Gasteiger partial charge in [0.1, 0.15) is 5.82 Å². The number of hydrogen-bond donors (Lipinski definition) is 0. The van der Waals surface area contributed by atoms with E-state index < -0.39 is 17.6 Å². The molecule has 0 fully saturated rings. The van der Waals surface area contributed by atoms with Gasteiger partial charge in [-0.2, -0.15) is 0 Å². The van der Waals surface area contributed by atoms with Crippen molar-refractivity contribution in [3.05, 3.63) is 23.0 Å². The van der Waals surface area contributed by atoms with Crippen LogP contribution in [0.15, 0.2) is 17.0 Å². The van der Waals surface area contributed by atoms with E-state index >= 15 is 0 Å². The van der Waals surface area contributed by atoms with Crippen molar-refractivity contribution >= 4 is 46.0 Å². The zero-order valence-electron chi connectivity index (χ0n) is 16.9. The van der Waals surface area contributed by atoms with Crippen LogP contribution in [0, 0.1) is 5.82 Å². The molecule has 0 bridgehead atoms. The van der Waals surface area contributed by atoms with Gasteiger partial charge in [-0.05, 0) is 31.4 Å². The number of imide groups is 1. The van der Waals surface area contributed by atoms with Crippen LogP contribution < -0.4 is 4.90 Å². The molecule has 0 saturated heterocycles. The van der Waals surface area contributed by atoms with E-state index in [2.05, 4.69) is 0 Å². The first-order chi connectivity index (χ1) is 13.3. The number of halogens is 2. The number of carbonyl (C=O) groups is 3. The second-order valence-electron chi connectivity index (χ2n) is 6.64. The third kappa shape index (κ3) is 7.55. The van der Waals surface area contributed by atoms with E-state index in [4.69, 9.17) is 11.6 Å². The molecule has 0 radical (unpaired) electrons. The quantitative estimate of drug-likeness (QED) is 0.375. The number of rotatable bonds is 11. The maximum absolute atomic E-state index is 14.7. The van der Waals surface area contributed by atoms with Crippen molar-refractivity contribution in [1.29, 1.82) is 0 Å². The highest BCUT2D eigenvalue weighted by molar-refractivity contribution is 8.13. The SMILES string of the molecule is CCCCC(=O)Sc1cc(N(C(=O)CCCC)C(=O)CCCC)c(F)cc1Cl. The van der Waals surface area contributed by atoms with Crippen molar-refractivity contribution < 1.29 is 18.8 Å². The normalized spacial score (nSPS) is 10.8. The van der Waals surface area contributed by atoms with Crippen LogP contribution in [0.4, 0.5) is 10.1 Å². The summed E-state index contributed by atoms with van der Waals surface area (Å²) in [5.41, 5.74) is -0.127. The molecule has 0 heterocycles. The van der Waals surface area contributed by atoms with Gasteiger partial charge in [0.15, 0.2) is 5.12 Å². The summed E-state index contributed by atoms with van der Waals surface area (Å²) in [5, 5.41) is 0.0144. The molecular weight excluding hydrogens is 401 g/mol. The molecular formula is C21H29ClFNO3S. The second-order valence-corrected chi connectivity index (χ2v) is 8.15. The summed E-state index contributed by atoms with van der Waals surface area (Å²) >= 11 is 7.03. The van der Waals surface area contributed by atoms with Crippen LogP contribution in [0.25, 0.3) is 0 Å². The fraction of sp³-hybridized carbons (Fsp3) is 0.571. The smallest absolute Gasteiger partial charge is 0.233 e. The Hall–Kier alpha value is -1.40. The maximum Gasteiger partial charge on any atom is 0.233 e. The number of amides is 2. The van der Waals surface area contributed by atoms with Crippen LogP contribution in [0.5, 0.6) is 0 Å². The first kappa shape index (κ1) is 24.6. The fourth-order valence-corrected chi connectivity index (χ4v) is 3.63. The molecule has 0 saturated carbocycles. The highest BCUT2D eigenvalue weighted by Gasteiger charge is 2.26. The summed E-state index contributed by atoms with van der Waals surface area (Å²) in [5.74, 6) is -1.61. The van der Waals surface area contributed by atoms with Gasteiger partial charge in [-0.1, -0.05) is 63.4 Å². The topological polar surface area (TPSA) is 54.5 Å². The third-order valence-electron chi connectivity index (χ3n) is 4.19. The Morgan fingerprint density at radius 2 is 1.43 bits per heavy atom. The first-order valence-corrected chi connectivity index (χ1v) is 11.1. The molecule has 1 rings (SSSR count). The number of nitrogens with zero attached hydrogens (tertiary/aromatic N) is 1. The molecule has 1 aromatic rings. The predicted molar refractivity (Wildman–Crippen MR) is 113 cm³/mol. The Kier molecular flexibility index (Phi) is 11.4. The highest BCUT2D eigenvalue weighted by atomic mass is 35.5. The van der Waals surface area contributed by atoms with Crippen molar-refractivity contribution in [2.75, 3.05) is 4.90 Å². The second kappa shape index (κ2) is 12.9. The Morgan fingerprint density at radius 3 is 1.93 bits per heavy atom. The predicted octanol–water partition coefficient (Wildman–Crippen LogP) is 6.53. The van der Waals surface area contributed by atoms with Gasteiger partial charge in [0.05, 0.1) is 10.7 Å². The lowest BCUT2D eigenvalue weighted by atomic mass is 10.1. The van der Waals surface area contributed by atoms with E-state index in [1.807, 2.05) is 20.8 Å². The summed E-state index contributed by atoms with van der Waals surface area (Å²) < 4.78 is 14.7. The lowest BCUT2D eigenvalue weighted by Gasteiger charge is -2.22. The average molecular weight is 430 g/mol. The van der Waals surface area contributed by atoms with E-state index in [1.165, 1.54) is 6.07 Å². The number of benzene rings is 1. The van der Waals surface area contributed by atoms with Gasteiger partial charge in [0.2, 0.25) is 11.8 Å². The molecule has 0 aromatic heterocycles. The number of unbranched alkanes of at least 4 members (excludes halogenated alkanes) is 3.